The summed E-state index contributed by atoms with van der Waals surface area (Å²) in [5.41, 5.74) is -1.32. The smallest absolute Gasteiger partial charge is 0.258 e. The van der Waals surface area contributed by atoms with Crippen molar-refractivity contribution in [1.82, 2.24) is 0 Å². The normalized spacial score (nSPS) is 10.1. The number of hydrogen-bond acceptors (Lipinski definition) is 2. The highest BCUT2D eigenvalue weighted by atomic mass is 35.5. The third kappa shape index (κ3) is 1.75. The molecule has 6 heteroatoms. The van der Waals surface area contributed by atoms with Gasteiger partial charge in [-0.15, -0.1) is 11.6 Å². The maximum absolute atomic E-state index is 12.8. The Bertz CT molecular complexity index is 357. The van der Waals surface area contributed by atoms with Crippen LogP contribution in [0.2, 0.25) is 0 Å². The number of benzene rings is 1. The average molecular weight is 208 g/mol. The molecule has 0 unspecified atom stereocenters. The second-order valence-electron chi connectivity index (χ2n) is 2.25. The molecule has 1 aromatic rings. The highest BCUT2D eigenvalue weighted by Crippen LogP contribution is 2.26. The molecule has 0 aliphatic heterocycles. The van der Waals surface area contributed by atoms with Gasteiger partial charge in [-0.1, -0.05) is 0 Å². The topological polar surface area (TPSA) is 43.1 Å². The Hall–Kier alpha value is -1.23. The molecule has 0 aliphatic carbocycles. The van der Waals surface area contributed by atoms with E-state index in [1.165, 1.54) is 0 Å². The summed E-state index contributed by atoms with van der Waals surface area (Å²) in [5, 5.41) is 10.3. The molecule has 0 saturated heterocycles. The largest absolute Gasteiger partial charge is 0.312 e. The fourth-order valence-corrected chi connectivity index (χ4v) is 1.16. The predicted octanol–water partition coefficient (Wildman–Crippen LogP) is 2.61. The second kappa shape index (κ2) is 3.66. The van der Waals surface area contributed by atoms with Crippen molar-refractivity contribution < 1.29 is 13.7 Å². The van der Waals surface area contributed by atoms with E-state index in [1.54, 1.807) is 0 Å². The van der Waals surface area contributed by atoms with E-state index < -0.39 is 33.7 Å². The lowest BCUT2D eigenvalue weighted by Gasteiger charge is -2.00. The molecule has 0 bridgehead atoms. The first-order chi connectivity index (χ1) is 6.07. The summed E-state index contributed by atoms with van der Waals surface area (Å²) in [6, 6.07) is 1.50. The molecule has 3 nitrogen and oxygen atoms in total. The number of hydrogen-bond donors (Lipinski definition) is 0. The number of nitro groups is 1. The van der Waals surface area contributed by atoms with E-state index in [1.807, 2.05) is 0 Å². The molecule has 0 atom stereocenters. The molecular formula is C7H4ClF2NO2. The SMILES string of the molecule is O=[N+]([O-])c1c(F)ccc(F)c1CCl. The summed E-state index contributed by atoms with van der Waals surface area (Å²) in [4.78, 5) is 9.30. The molecule has 0 aromatic heterocycles. The summed E-state index contributed by atoms with van der Waals surface area (Å²) in [5.74, 6) is -2.38. The predicted molar refractivity (Wildman–Crippen MR) is 42.6 cm³/mol. The molecule has 1 aromatic carbocycles. The number of halogens is 3. The Labute approximate surface area is 77.1 Å². The van der Waals surface area contributed by atoms with Gasteiger partial charge in [-0.05, 0) is 12.1 Å². The van der Waals surface area contributed by atoms with Crippen LogP contribution in [-0.4, -0.2) is 4.92 Å². The molecular weight excluding hydrogens is 204 g/mol. The third-order valence-corrected chi connectivity index (χ3v) is 1.76. The Kier molecular flexibility index (Phi) is 2.77. The zero-order valence-corrected chi connectivity index (χ0v) is 7.02. The Morgan fingerprint density at radius 1 is 1.38 bits per heavy atom. The molecule has 0 fully saturated rings. The Morgan fingerprint density at radius 2 is 1.92 bits per heavy atom. The molecule has 0 radical (unpaired) electrons. The van der Waals surface area contributed by atoms with E-state index in [0.29, 0.717) is 6.07 Å². The lowest BCUT2D eigenvalue weighted by atomic mass is 10.2. The monoisotopic (exact) mass is 207 g/mol. The van der Waals surface area contributed by atoms with Crippen molar-refractivity contribution >= 4 is 17.3 Å². The minimum atomic E-state index is -1.08. The minimum Gasteiger partial charge on any atom is -0.258 e. The van der Waals surface area contributed by atoms with Crippen LogP contribution < -0.4 is 0 Å². The standard InChI is InChI=1S/C7H4ClF2NO2/c8-3-4-5(9)1-2-6(10)7(4)11(12)13/h1-2H,3H2. The zero-order valence-electron chi connectivity index (χ0n) is 6.26. The minimum absolute atomic E-state index is 0.424. The van der Waals surface area contributed by atoms with Crippen LogP contribution in [0.3, 0.4) is 0 Å². The fraction of sp³-hybridized carbons (Fsp3) is 0.143. The molecule has 0 saturated carbocycles. The van der Waals surface area contributed by atoms with Gasteiger partial charge in [-0.2, -0.15) is 4.39 Å². The van der Waals surface area contributed by atoms with Crippen LogP contribution in [0.15, 0.2) is 12.1 Å². The summed E-state index contributed by atoms with van der Waals surface area (Å²) in [7, 11) is 0. The van der Waals surface area contributed by atoms with Crippen molar-refractivity contribution in [2.45, 2.75) is 5.88 Å². The first-order valence-electron chi connectivity index (χ1n) is 3.25. The Morgan fingerprint density at radius 3 is 2.31 bits per heavy atom. The molecule has 0 heterocycles. The summed E-state index contributed by atoms with van der Waals surface area (Å²) >= 11 is 5.24. The first kappa shape index (κ1) is 9.85. The number of nitro benzene ring substituents is 1. The van der Waals surface area contributed by atoms with Crippen LogP contribution in [0.25, 0.3) is 0 Å². The summed E-state index contributed by atoms with van der Waals surface area (Å²) in [6.07, 6.45) is 0. The molecule has 0 amide bonds. The van der Waals surface area contributed by atoms with Crippen molar-refractivity contribution in [3.05, 3.63) is 39.4 Å². The van der Waals surface area contributed by atoms with Crippen LogP contribution in [0.4, 0.5) is 14.5 Å². The molecule has 70 valence electrons. The van der Waals surface area contributed by atoms with E-state index in [9.17, 15) is 18.9 Å². The lowest BCUT2D eigenvalue weighted by molar-refractivity contribution is -0.388. The van der Waals surface area contributed by atoms with Crippen molar-refractivity contribution in [1.29, 1.82) is 0 Å². The van der Waals surface area contributed by atoms with E-state index in [0.717, 1.165) is 6.07 Å². The second-order valence-corrected chi connectivity index (χ2v) is 2.51. The fourth-order valence-electron chi connectivity index (χ4n) is 0.908. The van der Waals surface area contributed by atoms with E-state index in [4.69, 9.17) is 11.6 Å². The van der Waals surface area contributed by atoms with Crippen LogP contribution in [0.5, 0.6) is 0 Å². The average Bonchev–Trinajstić information content (AvgIpc) is 2.07. The maximum Gasteiger partial charge on any atom is 0.312 e. The van der Waals surface area contributed by atoms with Crippen LogP contribution >= 0.6 is 11.6 Å². The molecule has 0 spiro atoms. The van der Waals surface area contributed by atoms with E-state index in [-0.39, 0.29) is 0 Å². The zero-order chi connectivity index (χ0) is 10.0. The van der Waals surface area contributed by atoms with Gasteiger partial charge in [0, 0.05) is 0 Å². The number of alkyl halides is 1. The van der Waals surface area contributed by atoms with Gasteiger partial charge in [0.15, 0.2) is 0 Å². The molecule has 13 heavy (non-hydrogen) atoms. The summed E-state index contributed by atoms with van der Waals surface area (Å²) in [6.45, 7) is 0. The first-order valence-corrected chi connectivity index (χ1v) is 3.78. The van der Waals surface area contributed by atoms with Gasteiger partial charge in [-0.25, -0.2) is 4.39 Å². The van der Waals surface area contributed by atoms with Gasteiger partial charge in [-0.3, -0.25) is 10.1 Å². The van der Waals surface area contributed by atoms with Crippen LogP contribution in [0, 0.1) is 21.7 Å². The highest BCUT2D eigenvalue weighted by molar-refractivity contribution is 6.17. The van der Waals surface area contributed by atoms with Gasteiger partial charge < -0.3 is 0 Å². The lowest BCUT2D eigenvalue weighted by Crippen LogP contribution is -2.00. The third-order valence-electron chi connectivity index (χ3n) is 1.49. The summed E-state index contributed by atoms with van der Waals surface area (Å²) < 4.78 is 25.6. The molecule has 0 N–H and O–H groups in total. The van der Waals surface area contributed by atoms with E-state index >= 15 is 0 Å². The van der Waals surface area contributed by atoms with Crippen molar-refractivity contribution in [2.24, 2.45) is 0 Å². The van der Waals surface area contributed by atoms with E-state index in [2.05, 4.69) is 0 Å². The van der Waals surface area contributed by atoms with Gasteiger partial charge in [0.1, 0.15) is 5.82 Å². The Balaban J connectivity index is 3.43. The molecule has 1 rings (SSSR count). The van der Waals surface area contributed by atoms with Gasteiger partial charge in [0.25, 0.3) is 0 Å². The maximum atomic E-state index is 12.8. The van der Waals surface area contributed by atoms with Gasteiger partial charge >= 0.3 is 5.69 Å². The number of rotatable bonds is 2. The van der Waals surface area contributed by atoms with Crippen LogP contribution in [0.1, 0.15) is 5.56 Å². The quantitative estimate of drug-likeness (QED) is 0.425. The van der Waals surface area contributed by atoms with Crippen molar-refractivity contribution in [3.63, 3.8) is 0 Å². The van der Waals surface area contributed by atoms with Gasteiger partial charge in [0.05, 0.1) is 16.4 Å². The number of nitrogens with zero attached hydrogens (tertiary/aromatic N) is 1. The van der Waals surface area contributed by atoms with Crippen molar-refractivity contribution in [2.75, 3.05) is 0 Å². The van der Waals surface area contributed by atoms with Crippen LogP contribution in [-0.2, 0) is 5.88 Å². The van der Waals surface area contributed by atoms with Gasteiger partial charge in [0.2, 0.25) is 5.82 Å². The molecule has 0 aliphatic rings. The highest BCUT2D eigenvalue weighted by Gasteiger charge is 2.22. The van der Waals surface area contributed by atoms with Crippen molar-refractivity contribution in [3.8, 4) is 0 Å².